The minimum atomic E-state index is -0.328. The van der Waals surface area contributed by atoms with Gasteiger partial charge in [-0.3, -0.25) is 4.79 Å². The molecule has 4 nitrogen and oxygen atoms in total. The van der Waals surface area contributed by atoms with Crippen molar-refractivity contribution >= 4 is 17.7 Å². The first kappa shape index (κ1) is 14.8. The normalized spacial score (nSPS) is 18.3. The molecule has 0 unspecified atom stereocenters. The third-order valence-corrected chi connectivity index (χ3v) is 3.92. The van der Waals surface area contributed by atoms with Gasteiger partial charge in [0.15, 0.2) is 0 Å². The maximum Gasteiger partial charge on any atom is 0.239 e. The van der Waals surface area contributed by atoms with E-state index in [1.54, 1.807) is 16.7 Å². The molecule has 0 bridgehead atoms. The van der Waals surface area contributed by atoms with Crippen LogP contribution in [0.2, 0.25) is 0 Å². The molecule has 17 heavy (non-hydrogen) atoms. The number of thioether (sulfide) groups is 1. The first-order valence-corrected chi connectivity index (χ1v) is 7.76. The average Bonchev–Trinajstić information content (AvgIpc) is 2.85. The zero-order valence-corrected chi connectivity index (χ0v) is 11.8. The van der Waals surface area contributed by atoms with Crippen molar-refractivity contribution in [3.8, 4) is 0 Å². The van der Waals surface area contributed by atoms with Gasteiger partial charge in [-0.05, 0) is 44.4 Å². The Bertz CT molecular complexity index is 232. The SMILES string of the molecule is CSCC[C@@H](N)C(=O)N(C)CCN1CCCC1. The lowest BCUT2D eigenvalue weighted by Crippen LogP contribution is -2.44. The van der Waals surface area contributed by atoms with Crippen molar-refractivity contribution in [1.29, 1.82) is 0 Å². The summed E-state index contributed by atoms with van der Waals surface area (Å²) in [5.74, 6) is 1.03. The van der Waals surface area contributed by atoms with Gasteiger partial charge in [-0.2, -0.15) is 11.8 Å². The summed E-state index contributed by atoms with van der Waals surface area (Å²) < 4.78 is 0. The van der Waals surface area contributed by atoms with E-state index in [2.05, 4.69) is 4.90 Å². The first-order valence-electron chi connectivity index (χ1n) is 6.37. The number of nitrogens with two attached hydrogens (primary N) is 1. The van der Waals surface area contributed by atoms with Crippen molar-refractivity contribution in [3.63, 3.8) is 0 Å². The van der Waals surface area contributed by atoms with Gasteiger partial charge in [0.2, 0.25) is 5.91 Å². The van der Waals surface area contributed by atoms with Gasteiger partial charge in [-0.15, -0.1) is 0 Å². The van der Waals surface area contributed by atoms with E-state index in [9.17, 15) is 4.79 Å². The van der Waals surface area contributed by atoms with Crippen molar-refractivity contribution in [2.75, 3.05) is 45.2 Å². The smallest absolute Gasteiger partial charge is 0.239 e. The molecule has 1 heterocycles. The highest BCUT2D eigenvalue weighted by Crippen LogP contribution is 2.07. The number of carbonyl (C=O) groups is 1. The monoisotopic (exact) mass is 259 g/mol. The van der Waals surface area contributed by atoms with Crippen LogP contribution < -0.4 is 5.73 Å². The fourth-order valence-corrected chi connectivity index (χ4v) is 2.55. The Morgan fingerprint density at radius 2 is 2.12 bits per heavy atom. The highest BCUT2D eigenvalue weighted by Gasteiger charge is 2.18. The number of hydrogen-bond acceptors (Lipinski definition) is 4. The quantitative estimate of drug-likeness (QED) is 0.728. The Balaban J connectivity index is 2.20. The van der Waals surface area contributed by atoms with E-state index in [1.807, 2.05) is 13.3 Å². The van der Waals surface area contributed by atoms with Crippen molar-refractivity contribution in [2.45, 2.75) is 25.3 Å². The van der Waals surface area contributed by atoms with Gasteiger partial charge in [-0.25, -0.2) is 0 Å². The van der Waals surface area contributed by atoms with Crippen molar-refractivity contribution in [1.82, 2.24) is 9.80 Å². The summed E-state index contributed by atoms with van der Waals surface area (Å²) in [5, 5.41) is 0. The number of nitrogens with zero attached hydrogens (tertiary/aromatic N) is 2. The molecule has 0 spiro atoms. The second kappa shape index (κ2) is 7.95. The molecule has 1 fully saturated rings. The molecular weight excluding hydrogens is 234 g/mol. The molecule has 0 aliphatic carbocycles. The molecule has 1 aliphatic rings. The van der Waals surface area contributed by atoms with Crippen molar-refractivity contribution in [3.05, 3.63) is 0 Å². The predicted molar refractivity (Wildman–Crippen MR) is 74.3 cm³/mol. The zero-order valence-electron chi connectivity index (χ0n) is 11.0. The summed E-state index contributed by atoms with van der Waals surface area (Å²) in [6, 6.07) is -0.328. The standard InChI is InChI=1S/C12H25N3OS/c1-14(8-9-15-6-3-4-7-15)12(16)11(13)5-10-17-2/h11H,3-10,13H2,1-2H3/t11-/m1/s1. The van der Waals surface area contributed by atoms with E-state index in [1.165, 1.54) is 25.9 Å². The molecule has 100 valence electrons. The Morgan fingerprint density at radius 3 is 2.71 bits per heavy atom. The van der Waals surface area contributed by atoms with Crippen molar-refractivity contribution < 1.29 is 4.79 Å². The summed E-state index contributed by atoms with van der Waals surface area (Å²) in [6.45, 7) is 4.14. The predicted octanol–water partition coefficient (Wildman–Crippen LogP) is 0.621. The molecule has 0 aromatic heterocycles. The molecule has 1 aliphatic heterocycles. The third-order valence-electron chi connectivity index (χ3n) is 3.28. The second-order valence-corrected chi connectivity index (χ2v) is 5.68. The molecule has 1 amide bonds. The van der Waals surface area contributed by atoms with Crippen LogP contribution in [0.15, 0.2) is 0 Å². The highest BCUT2D eigenvalue weighted by molar-refractivity contribution is 7.98. The van der Waals surface area contributed by atoms with Crippen LogP contribution in [0.5, 0.6) is 0 Å². The van der Waals surface area contributed by atoms with Crippen LogP contribution in [0.1, 0.15) is 19.3 Å². The van der Waals surface area contributed by atoms with E-state index >= 15 is 0 Å². The minimum absolute atomic E-state index is 0.0817. The molecule has 1 atom stereocenters. The van der Waals surface area contributed by atoms with Gasteiger partial charge in [0.1, 0.15) is 0 Å². The number of likely N-dealkylation sites (tertiary alicyclic amines) is 1. The van der Waals surface area contributed by atoms with Gasteiger partial charge in [-0.1, -0.05) is 0 Å². The Kier molecular flexibility index (Phi) is 6.92. The van der Waals surface area contributed by atoms with E-state index in [4.69, 9.17) is 5.73 Å². The van der Waals surface area contributed by atoms with E-state index in [0.717, 1.165) is 25.3 Å². The maximum atomic E-state index is 11.9. The summed E-state index contributed by atoms with van der Waals surface area (Å²) >= 11 is 1.73. The average molecular weight is 259 g/mol. The van der Waals surface area contributed by atoms with Gasteiger partial charge in [0, 0.05) is 20.1 Å². The molecule has 1 rings (SSSR count). The maximum absolute atomic E-state index is 11.9. The number of amides is 1. The minimum Gasteiger partial charge on any atom is -0.343 e. The molecule has 0 aromatic rings. The van der Waals surface area contributed by atoms with Gasteiger partial charge in [0.05, 0.1) is 6.04 Å². The molecule has 1 saturated heterocycles. The summed E-state index contributed by atoms with van der Waals surface area (Å²) in [7, 11) is 1.86. The Morgan fingerprint density at radius 1 is 1.47 bits per heavy atom. The fourth-order valence-electron chi connectivity index (χ4n) is 2.06. The summed E-state index contributed by atoms with van der Waals surface area (Å²) in [5.41, 5.74) is 5.87. The molecule has 5 heteroatoms. The molecule has 0 radical (unpaired) electrons. The van der Waals surface area contributed by atoms with Crippen LogP contribution in [0, 0.1) is 0 Å². The summed E-state index contributed by atoms with van der Waals surface area (Å²) in [4.78, 5) is 16.1. The molecule has 2 N–H and O–H groups in total. The van der Waals surface area contributed by atoms with Crippen molar-refractivity contribution in [2.24, 2.45) is 5.73 Å². The number of carbonyl (C=O) groups excluding carboxylic acids is 1. The number of hydrogen-bond donors (Lipinski definition) is 1. The first-order chi connectivity index (χ1) is 8.15. The lowest BCUT2D eigenvalue weighted by Gasteiger charge is -2.24. The van der Waals surface area contributed by atoms with Crippen LogP contribution >= 0.6 is 11.8 Å². The topological polar surface area (TPSA) is 49.6 Å². The zero-order chi connectivity index (χ0) is 12.7. The van der Waals surface area contributed by atoms with Crippen LogP contribution in [-0.4, -0.2) is 67.0 Å². The Labute approximate surface area is 109 Å². The number of rotatable bonds is 7. The highest BCUT2D eigenvalue weighted by atomic mass is 32.2. The van der Waals surface area contributed by atoms with Gasteiger partial charge >= 0.3 is 0 Å². The number of likely N-dealkylation sites (N-methyl/N-ethyl adjacent to an activating group) is 1. The lowest BCUT2D eigenvalue weighted by molar-refractivity contribution is -0.131. The summed E-state index contributed by atoms with van der Waals surface area (Å²) in [6.07, 6.45) is 5.40. The lowest BCUT2D eigenvalue weighted by atomic mass is 10.2. The third kappa shape index (κ3) is 5.27. The molecular formula is C12H25N3OS. The largest absolute Gasteiger partial charge is 0.343 e. The van der Waals surface area contributed by atoms with Crippen LogP contribution in [0.4, 0.5) is 0 Å². The van der Waals surface area contributed by atoms with E-state index < -0.39 is 0 Å². The molecule has 0 saturated carbocycles. The Hall–Kier alpha value is -0.260. The second-order valence-electron chi connectivity index (χ2n) is 4.70. The molecule has 0 aromatic carbocycles. The van der Waals surface area contributed by atoms with Crippen LogP contribution in [0.3, 0.4) is 0 Å². The van der Waals surface area contributed by atoms with E-state index in [0.29, 0.717) is 0 Å². The van der Waals surface area contributed by atoms with Crippen LogP contribution in [-0.2, 0) is 4.79 Å². The van der Waals surface area contributed by atoms with Gasteiger partial charge < -0.3 is 15.5 Å². The van der Waals surface area contributed by atoms with Gasteiger partial charge in [0.25, 0.3) is 0 Å². The van der Waals surface area contributed by atoms with Crippen LogP contribution in [0.25, 0.3) is 0 Å². The fraction of sp³-hybridized carbons (Fsp3) is 0.917. The van der Waals surface area contributed by atoms with E-state index in [-0.39, 0.29) is 11.9 Å².